The number of amides is 2. The molecule has 0 saturated carbocycles. The Morgan fingerprint density at radius 2 is 2.00 bits per heavy atom. The van der Waals surface area contributed by atoms with Gasteiger partial charge in [-0.1, -0.05) is 0 Å². The Morgan fingerprint density at radius 3 is 2.60 bits per heavy atom. The molecule has 1 fully saturated rings. The van der Waals surface area contributed by atoms with E-state index >= 15 is 0 Å². The normalized spacial score (nSPS) is 19.8. The molecule has 2 amide bonds. The highest BCUT2D eigenvalue weighted by atomic mass is 19.4. The van der Waals surface area contributed by atoms with Gasteiger partial charge in [0.05, 0.1) is 6.42 Å². The molecule has 1 atom stereocenters. The van der Waals surface area contributed by atoms with E-state index in [-0.39, 0.29) is 12.5 Å². The molecule has 0 aromatic heterocycles. The van der Waals surface area contributed by atoms with Crippen molar-refractivity contribution in [2.45, 2.75) is 50.7 Å². The monoisotopic (exact) mass is 296 g/mol. The molecule has 0 spiro atoms. The Hall–Kier alpha value is -1.47. The van der Waals surface area contributed by atoms with Crippen molar-refractivity contribution in [3.63, 3.8) is 0 Å². The first-order chi connectivity index (χ1) is 9.29. The lowest BCUT2D eigenvalue weighted by molar-refractivity contribution is -0.137. The van der Waals surface area contributed by atoms with E-state index in [1.165, 1.54) is 4.90 Å². The van der Waals surface area contributed by atoms with Crippen LogP contribution in [0.5, 0.6) is 0 Å². The van der Waals surface area contributed by atoms with Crippen molar-refractivity contribution < 1.29 is 27.9 Å². The van der Waals surface area contributed by atoms with Crippen molar-refractivity contribution in [3.8, 4) is 0 Å². The summed E-state index contributed by atoms with van der Waals surface area (Å²) >= 11 is 0. The summed E-state index contributed by atoms with van der Waals surface area (Å²) in [6, 6.07) is -0.741. The summed E-state index contributed by atoms with van der Waals surface area (Å²) in [6.07, 6.45) is -2.68. The summed E-state index contributed by atoms with van der Waals surface area (Å²) in [5, 5.41) is 10.9. The molecule has 0 bridgehead atoms. The SMILES string of the molecule is O=C(O)CCC1CCCCN1C(=O)NCCC(F)(F)F. The summed E-state index contributed by atoms with van der Waals surface area (Å²) in [7, 11) is 0. The molecule has 8 heteroatoms. The first kappa shape index (κ1) is 16.6. The lowest BCUT2D eigenvalue weighted by atomic mass is 9.98. The van der Waals surface area contributed by atoms with Gasteiger partial charge < -0.3 is 15.3 Å². The second kappa shape index (κ2) is 7.35. The molecule has 0 aliphatic carbocycles. The molecule has 5 nitrogen and oxygen atoms in total. The fourth-order valence-corrected chi connectivity index (χ4v) is 2.27. The van der Waals surface area contributed by atoms with E-state index in [1.807, 2.05) is 0 Å². The maximum Gasteiger partial charge on any atom is 0.390 e. The highest BCUT2D eigenvalue weighted by Gasteiger charge is 2.29. The van der Waals surface area contributed by atoms with Crippen molar-refractivity contribution in [1.29, 1.82) is 0 Å². The number of carbonyl (C=O) groups excluding carboxylic acids is 1. The summed E-state index contributed by atoms with van der Waals surface area (Å²) < 4.78 is 36.0. The van der Waals surface area contributed by atoms with Crippen molar-refractivity contribution in [1.82, 2.24) is 10.2 Å². The van der Waals surface area contributed by atoms with Crippen LogP contribution < -0.4 is 5.32 Å². The Morgan fingerprint density at radius 1 is 1.30 bits per heavy atom. The Bertz CT molecular complexity index is 347. The van der Waals surface area contributed by atoms with Crippen LogP contribution in [0.2, 0.25) is 0 Å². The number of nitrogens with one attached hydrogen (secondary N) is 1. The van der Waals surface area contributed by atoms with Crippen molar-refractivity contribution in [2.24, 2.45) is 0 Å². The first-order valence-electron chi connectivity index (χ1n) is 6.62. The zero-order valence-corrected chi connectivity index (χ0v) is 11.1. The standard InChI is InChI=1S/C12H19F3N2O3/c13-12(14,15)6-7-16-11(20)17-8-2-1-3-9(17)4-5-10(18)19/h9H,1-8H2,(H,16,20)(H,18,19). The van der Waals surface area contributed by atoms with Crippen LogP contribution in [-0.4, -0.2) is 47.3 Å². The smallest absolute Gasteiger partial charge is 0.390 e. The largest absolute Gasteiger partial charge is 0.481 e. The molecular formula is C12H19F3N2O3. The average Bonchev–Trinajstić information content (AvgIpc) is 2.35. The van der Waals surface area contributed by atoms with Crippen LogP contribution in [0.3, 0.4) is 0 Å². The fourth-order valence-electron chi connectivity index (χ4n) is 2.27. The van der Waals surface area contributed by atoms with E-state index in [4.69, 9.17) is 5.11 Å². The number of halogens is 3. The number of piperidine rings is 1. The van der Waals surface area contributed by atoms with Crippen LogP contribution in [0, 0.1) is 0 Å². The molecule has 0 aromatic rings. The predicted molar refractivity (Wildman–Crippen MR) is 65.3 cm³/mol. The van der Waals surface area contributed by atoms with Gasteiger partial charge in [0.1, 0.15) is 0 Å². The fraction of sp³-hybridized carbons (Fsp3) is 0.833. The summed E-state index contributed by atoms with van der Waals surface area (Å²) in [5.74, 6) is -0.937. The Labute approximate surface area is 115 Å². The molecule has 1 aliphatic heterocycles. The zero-order valence-electron chi connectivity index (χ0n) is 11.1. The van der Waals surface area contributed by atoms with Crippen LogP contribution >= 0.6 is 0 Å². The van der Waals surface area contributed by atoms with Gasteiger partial charge in [-0.25, -0.2) is 4.79 Å². The molecule has 1 aliphatic rings. The van der Waals surface area contributed by atoms with E-state index < -0.39 is 31.1 Å². The highest BCUT2D eigenvalue weighted by molar-refractivity contribution is 5.74. The molecule has 0 aromatic carbocycles. The average molecular weight is 296 g/mol. The van der Waals surface area contributed by atoms with Crippen LogP contribution in [0.4, 0.5) is 18.0 Å². The lowest BCUT2D eigenvalue weighted by Gasteiger charge is -2.35. The second-order valence-electron chi connectivity index (χ2n) is 4.87. The number of carboxylic acids is 1. The van der Waals surface area contributed by atoms with E-state index in [2.05, 4.69) is 5.32 Å². The molecular weight excluding hydrogens is 277 g/mol. The molecule has 116 valence electrons. The highest BCUT2D eigenvalue weighted by Crippen LogP contribution is 2.21. The van der Waals surface area contributed by atoms with Crippen LogP contribution in [-0.2, 0) is 4.79 Å². The number of hydrogen-bond acceptors (Lipinski definition) is 2. The van der Waals surface area contributed by atoms with Gasteiger partial charge >= 0.3 is 18.2 Å². The van der Waals surface area contributed by atoms with Crippen LogP contribution in [0.1, 0.15) is 38.5 Å². The quantitative estimate of drug-likeness (QED) is 0.818. The van der Waals surface area contributed by atoms with E-state index in [1.54, 1.807) is 0 Å². The summed E-state index contributed by atoms with van der Waals surface area (Å²) in [5.41, 5.74) is 0. The van der Waals surface area contributed by atoms with Gasteiger partial charge in [-0.05, 0) is 25.7 Å². The molecule has 20 heavy (non-hydrogen) atoms. The Balaban J connectivity index is 2.43. The number of alkyl halides is 3. The number of likely N-dealkylation sites (tertiary alicyclic amines) is 1. The minimum atomic E-state index is -4.29. The third-order valence-corrected chi connectivity index (χ3v) is 3.26. The summed E-state index contributed by atoms with van der Waals surface area (Å²) in [4.78, 5) is 23.9. The second-order valence-corrected chi connectivity index (χ2v) is 4.87. The number of carbonyl (C=O) groups is 2. The molecule has 2 N–H and O–H groups in total. The van der Waals surface area contributed by atoms with E-state index in [0.717, 1.165) is 12.8 Å². The van der Waals surface area contributed by atoms with Gasteiger partial charge in [-0.3, -0.25) is 4.79 Å². The maximum atomic E-state index is 12.0. The van der Waals surface area contributed by atoms with Crippen LogP contribution in [0.15, 0.2) is 0 Å². The van der Waals surface area contributed by atoms with Crippen molar-refractivity contribution in [2.75, 3.05) is 13.1 Å². The van der Waals surface area contributed by atoms with Gasteiger partial charge in [0.25, 0.3) is 0 Å². The van der Waals surface area contributed by atoms with Crippen LogP contribution in [0.25, 0.3) is 0 Å². The Kier molecular flexibility index (Phi) is 6.09. The van der Waals surface area contributed by atoms with E-state index in [0.29, 0.717) is 19.4 Å². The van der Waals surface area contributed by atoms with Crippen molar-refractivity contribution >= 4 is 12.0 Å². The topological polar surface area (TPSA) is 69.6 Å². The third kappa shape index (κ3) is 6.12. The first-order valence-corrected chi connectivity index (χ1v) is 6.62. The lowest BCUT2D eigenvalue weighted by Crippen LogP contribution is -2.49. The number of urea groups is 1. The number of hydrogen-bond donors (Lipinski definition) is 2. The van der Waals surface area contributed by atoms with Gasteiger partial charge in [-0.15, -0.1) is 0 Å². The molecule has 1 heterocycles. The summed E-state index contributed by atoms with van der Waals surface area (Å²) in [6.45, 7) is 0.00657. The number of aliphatic carboxylic acids is 1. The maximum absolute atomic E-state index is 12.0. The molecule has 1 unspecified atom stereocenters. The number of rotatable bonds is 5. The number of carboxylic acid groups (broad SMARTS) is 1. The van der Waals surface area contributed by atoms with Gasteiger partial charge in [0, 0.05) is 25.6 Å². The number of nitrogens with zero attached hydrogens (tertiary/aromatic N) is 1. The molecule has 1 saturated heterocycles. The van der Waals surface area contributed by atoms with Gasteiger partial charge in [0.15, 0.2) is 0 Å². The van der Waals surface area contributed by atoms with Gasteiger partial charge in [0.2, 0.25) is 0 Å². The molecule has 1 rings (SSSR count). The minimum absolute atomic E-state index is 0.0446. The van der Waals surface area contributed by atoms with Gasteiger partial charge in [-0.2, -0.15) is 13.2 Å². The third-order valence-electron chi connectivity index (χ3n) is 3.26. The molecule has 0 radical (unpaired) electrons. The predicted octanol–water partition coefficient (Wildman–Crippen LogP) is 2.37. The van der Waals surface area contributed by atoms with Crippen molar-refractivity contribution in [3.05, 3.63) is 0 Å². The van der Waals surface area contributed by atoms with E-state index in [9.17, 15) is 22.8 Å². The zero-order chi connectivity index (χ0) is 15.2. The minimum Gasteiger partial charge on any atom is -0.481 e.